The van der Waals surface area contributed by atoms with Crippen LogP contribution in [0.2, 0.25) is 0 Å². The van der Waals surface area contributed by atoms with Crippen LogP contribution in [0.3, 0.4) is 0 Å². The number of ketones is 1. The Kier molecular flexibility index (Phi) is 3.99. The molecule has 2 aromatic rings. The molecule has 0 saturated carbocycles. The van der Waals surface area contributed by atoms with Gasteiger partial charge in [0.1, 0.15) is 0 Å². The van der Waals surface area contributed by atoms with E-state index in [-0.39, 0.29) is 17.2 Å². The zero-order valence-electron chi connectivity index (χ0n) is 13.3. The summed E-state index contributed by atoms with van der Waals surface area (Å²) in [6, 6.07) is 5.18. The number of nitrogens with zero attached hydrogens (tertiary/aromatic N) is 3. The molecule has 0 spiro atoms. The molecule has 130 valence electrons. The Morgan fingerprint density at radius 2 is 1.96 bits per heavy atom. The van der Waals surface area contributed by atoms with Gasteiger partial charge in [-0.1, -0.05) is 0 Å². The molecular weight excluding hydrogens is 336 g/mol. The number of carbonyl (C=O) groups is 1. The van der Waals surface area contributed by atoms with Gasteiger partial charge in [0, 0.05) is 44.7 Å². The second-order valence-electron chi connectivity index (χ2n) is 5.42. The van der Waals surface area contributed by atoms with Crippen LogP contribution < -0.4 is 14.9 Å². The molecule has 0 N–H and O–H groups in total. The van der Waals surface area contributed by atoms with Gasteiger partial charge in [0.05, 0.1) is 5.69 Å². The maximum absolute atomic E-state index is 13.1. The van der Waals surface area contributed by atoms with Crippen LogP contribution in [0.5, 0.6) is 11.5 Å². The van der Waals surface area contributed by atoms with Gasteiger partial charge < -0.3 is 14.4 Å². The van der Waals surface area contributed by atoms with Gasteiger partial charge in [-0.15, -0.1) is 8.78 Å². The Bertz CT molecular complexity index is 922. The molecule has 7 nitrogen and oxygen atoms in total. The number of hydrogen-bond acceptors (Lipinski definition) is 6. The van der Waals surface area contributed by atoms with Gasteiger partial charge in [-0.25, -0.2) is 4.68 Å². The predicted octanol–water partition coefficient (Wildman–Crippen LogP) is 1.81. The molecular formula is C16H13F2N3O4. The third-order valence-corrected chi connectivity index (χ3v) is 3.22. The predicted molar refractivity (Wildman–Crippen MR) is 83.2 cm³/mol. The average molecular weight is 349 g/mol. The standard InChI is InChI=1S/C16H13F2N3O4/c1-20(2)7-5-11(22)15-12(23)6-8-21(19-15)10-3-4-13-14(9-10)25-16(17,18)24-13/h3-9H,1-2H3. The number of allylic oxidation sites excluding steroid dienone is 1. The minimum absolute atomic E-state index is 0.111. The van der Waals surface area contributed by atoms with Crippen molar-refractivity contribution in [1.29, 1.82) is 0 Å². The normalized spacial score (nSPS) is 14.7. The first kappa shape index (κ1) is 16.6. The van der Waals surface area contributed by atoms with Crippen LogP contribution in [0.1, 0.15) is 10.5 Å². The van der Waals surface area contributed by atoms with E-state index in [9.17, 15) is 18.4 Å². The fourth-order valence-electron chi connectivity index (χ4n) is 2.10. The van der Waals surface area contributed by atoms with Gasteiger partial charge in [0.25, 0.3) is 0 Å². The first-order valence-electron chi connectivity index (χ1n) is 7.14. The number of carbonyl (C=O) groups excluding carboxylic acids is 1. The van der Waals surface area contributed by atoms with Crippen molar-refractivity contribution in [3.05, 3.63) is 58.7 Å². The van der Waals surface area contributed by atoms with E-state index in [1.54, 1.807) is 19.0 Å². The largest absolute Gasteiger partial charge is 0.586 e. The maximum Gasteiger partial charge on any atom is 0.586 e. The first-order chi connectivity index (χ1) is 11.7. The summed E-state index contributed by atoms with van der Waals surface area (Å²) >= 11 is 0. The number of benzene rings is 1. The third-order valence-electron chi connectivity index (χ3n) is 3.22. The van der Waals surface area contributed by atoms with Crippen molar-refractivity contribution in [2.45, 2.75) is 6.29 Å². The molecule has 1 aromatic carbocycles. The maximum atomic E-state index is 13.1. The van der Waals surface area contributed by atoms with Gasteiger partial charge in [0.15, 0.2) is 17.2 Å². The highest BCUT2D eigenvalue weighted by Gasteiger charge is 2.43. The van der Waals surface area contributed by atoms with Crippen LogP contribution >= 0.6 is 0 Å². The molecule has 0 bridgehead atoms. The summed E-state index contributed by atoms with van der Waals surface area (Å²) in [6.45, 7) is 0. The third kappa shape index (κ3) is 3.49. The molecule has 0 atom stereocenters. The van der Waals surface area contributed by atoms with E-state index in [1.165, 1.54) is 47.4 Å². The lowest BCUT2D eigenvalue weighted by Crippen LogP contribution is -2.25. The molecule has 1 aliphatic heterocycles. The van der Waals surface area contributed by atoms with Gasteiger partial charge in [-0.3, -0.25) is 9.59 Å². The summed E-state index contributed by atoms with van der Waals surface area (Å²) in [7, 11) is 3.45. The molecule has 0 radical (unpaired) electrons. The number of aromatic nitrogens is 2. The average Bonchev–Trinajstić information content (AvgIpc) is 2.85. The van der Waals surface area contributed by atoms with E-state index in [0.29, 0.717) is 5.69 Å². The van der Waals surface area contributed by atoms with Crippen LogP contribution in [0.4, 0.5) is 8.78 Å². The number of rotatable bonds is 4. The Morgan fingerprint density at radius 3 is 2.68 bits per heavy atom. The summed E-state index contributed by atoms with van der Waals surface area (Å²) in [5, 5.41) is 3.98. The molecule has 0 aliphatic carbocycles. The number of alkyl halides is 2. The molecule has 0 saturated heterocycles. The van der Waals surface area contributed by atoms with Crippen molar-refractivity contribution in [1.82, 2.24) is 14.7 Å². The van der Waals surface area contributed by atoms with E-state index < -0.39 is 17.5 Å². The van der Waals surface area contributed by atoms with E-state index >= 15 is 0 Å². The summed E-state index contributed by atoms with van der Waals surface area (Å²) in [5.41, 5.74) is -0.508. The van der Waals surface area contributed by atoms with Gasteiger partial charge >= 0.3 is 6.29 Å². The second-order valence-corrected chi connectivity index (χ2v) is 5.42. The molecule has 3 rings (SSSR count). The lowest BCUT2D eigenvalue weighted by Gasteiger charge is -2.07. The van der Waals surface area contributed by atoms with Crippen LogP contribution in [0, 0.1) is 0 Å². The quantitative estimate of drug-likeness (QED) is 0.619. The van der Waals surface area contributed by atoms with E-state index in [2.05, 4.69) is 14.6 Å². The van der Waals surface area contributed by atoms with Crippen LogP contribution in [0.15, 0.2) is 47.5 Å². The van der Waals surface area contributed by atoms with Gasteiger partial charge in [-0.05, 0) is 12.1 Å². The minimum atomic E-state index is -3.73. The van der Waals surface area contributed by atoms with E-state index in [1.807, 2.05) is 0 Å². The molecule has 9 heteroatoms. The lowest BCUT2D eigenvalue weighted by atomic mass is 10.2. The number of halogens is 2. The summed E-state index contributed by atoms with van der Waals surface area (Å²) < 4.78 is 36.1. The lowest BCUT2D eigenvalue weighted by molar-refractivity contribution is -0.286. The van der Waals surface area contributed by atoms with Gasteiger partial charge in [-0.2, -0.15) is 5.10 Å². The van der Waals surface area contributed by atoms with Crippen molar-refractivity contribution in [3.8, 4) is 17.2 Å². The molecule has 0 fully saturated rings. The molecule has 0 amide bonds. The number of hydrogen-bond donors (Lipinski definition) is 0. The highest BCUT2D eigenvalue weighted by molar-refractivity contribution is 6.02. The number of fused-ring (bicyclic) bond motifs is 1. The molecule has 0 unspecified atom stereocenters. The van der Waals surface area contributed by atoms with E-state index in [0.717, 1.165) is 0 Å². The first-order valence-corrected chi connectivity index (χ1v) is 7.14. The van der Waals surface area contributed by atoms with Crippen molar-refractivity contribution in [3.63, 3.8) is 0 Å². The van der Waals surface area contributed by atoms with Crippen molar-refractivity contribution < 1.29 is 23.0 Å². The van der Waals surface area contributed by atoms with Crippen LogP contribution in [-0.4, -0.2) is 40.9 Å². The highest BCUT2D eigenvalue weighted by atomic mass is 19.3. The zero-order chi connectivity index (χ0) is 18.2. The Hall–Kier alpha value is -3.23. The van der Waals surface area contributed by atoms with Crippen LogP contribution in [-0.2, 0) is 0 Å². The minimum Gasteiger partial charge on any atom is -0.395 e. The molecule has 25 heavy (non-hydrogen) atoms. The fourth-order valence-corrected chi connectivity index (χ4v) is 2.10. The highest BCUT2D eigenvalue weighted by Crippen LogP contribution is 2.41. The second kappa shape index (κ2) is 6.00. The molecule has 1 aromatic heterocycles. The SMILES string of the molecule is CN(C)C=CC(=O)c1nn(-c2ccc3c(c2)OC(F)(F)O3)ccc1=O. The Balaban J connectivity index is 1.96. The van der Waals surface area contributed by atoms with Crippen LogP contribution in [0.25, 0.3) is 5.69 Å². The van der Waals surface area contributed by atoms with E-state index in [4.69, 9.17) is 0 Å². The Labute approximate surface area is 140 Å². The monoisotopic (exact) mass is 349 g/mol. The van der Waals surface area contributed by atoms with Crippen molar-refractivity contribution >= 4 is 5.78 Å². The summed E-state index contributed by atoms with van der Waals surface area (Å²) in [5.74, 6) is -0.844. The number of ether oxygens (including phenoxy) is 2. The fraction of sp³-hybridized carbons (Fsp3) is 0.188. The Morgan fingerprint density at radius 1 is 1.24 bits per heavy atom. The topological polar surface area (TPSA) is 73.7 Å². The zero-order valence-corrected chi connectivity index (χ0v) is 13.3. The molecule has 1 aliphatic rings. The van der Waals surface area contributed by atoms with Gasteiger partial charge in [0.2, 0.25) is 11.2 Å². The summed E-state index contributed by atoms with van der Waals surface area (Å²) in [6.07, 6.45) is 0.304. The van der Waals surface area contributed by atoms with Crippen molar-refractivity contribution in [2.75, 3.05) is 14.1 Å². The molecule has 2 heterocycles. The smallest absolute Gasteiger partial charge is 0.395 e. The summed E-state index contributed by atoms with van der Waals surface area (Å²) in [4.78, 5) is 25.6. The van der Waals surface area contributed by atoms with Crippen molar-refractivity contribution in [2.24, 2.45) is 0 Å².